The summed E-state index contributed by atoms with van der Waals surface area (Å²) >= 11 is 6.00. The van der Waals surface area contributed by atoms with Crippen LogP contribution in [0.4, 0.5) is 4.39 Å². The van der Waals surface area contributed by atoms with Crippen LogP contribution in [-0.4, -0.2) is 41.3 Å². The molecule has 3 N–H and O–H groups in total. The minimum absolute atomic E-state index is 0.00548. The number of carbonyl (C=O) groups excluding carboxylic acids is 1. The summed E-state index contributed by atoms with van der Waals surface area (Å²) < 4.78 is 33.3. The van der Waals surface area contributed by atoms with Crippen LogP contribution in [0.25, 0.3) is 0 Å². The molecule has 0 saturated heterocycles. The first kappa shape index (κ1) is 19.7. The van der Waals surface area contributed by atoms with Crippen molar-refractivity contribution < 1.29 is 22.7 Å². The van der Waals surface area contributed by atoms with E-state index in [0.29, 0.717) is 18.7 Å². The SMILES string of the molecule is CNC12CCC(NC(=O)COc3ccc(Cl)c(F)c3)(CC1)CC2OSO. The highest BCUT2D eigenvalue weighted by molar-refractivity contribution is 7.88. The number of likely N-dealkylation sites (N-methyl/N-ethyl adjacent to an activating group) is 1. The zero-order valence-electron chi connectivity index (χ0n) is 14.4. The molecule has 0 spiro atoms. The third-order valence-electron chi connectivity index (χ3n) is 5.61. The molecule has 3 aliphatic rings. The van der Waals surface area contributed by atoms with Crippen LogP contribution >= 0.6 is 23.9 Å². The molecular formula is C17H22ClFN2O4S. The van der Waals surface area contributed by atoms with Gasteiger partial charge in [0.25, 0.3) is 5.91 Å². The highest BCUT2D eigenvalue weighted by Crippen LogP contribution is 2.48. The summed E-state index contributed by atoms with van der Waals surface area (Å²) in [5.41, 5.74) is -0.537. The number of benzene rings is 1. The Morgan fingerprint density at radius 1 is 1.42 bits per heavy atom. The van der Waals surface area contributed by atoms with Gasteiger partial charge < -0.3 is 19.9 Å². The fourth-order valence-corrected chi connectivity index (χ4v) is 4.54. The Balaban J connectivity index is 1.59. The van der Waals surface area contributed by atoms with Gasteiger partial charge in [0.05, 0.1) is 11.1 Å². The Bertz CT molecular complexity index is 670. The van der Waals surface area contributed by atoms with Gasteiger partial charge in [-0.05, 0) is 51.3 Å². The minimum Gasteiger partial charge on any atom is -0.484 e. The first-order valence-electron chi connectivity index (χ1n) is 8.47. The summed E-state index contributed by atoms with van der Waals surface area (Å²) in [4.78, 5) is 12.4. The monoisotopic (exact) mass is 404 g/mol. The Kier molecular flexibility index (Phi) is 5.98. The van der Waals surface area contributed by atoms with E-state index in [4.69, 9.17) is 25.1 Å². The van der Waals surface area contributed by atoms with Crippen molar-refractivity contribution in [3.8, 4) is 5.75 Å². The van der Waals surface area contributed by atoms with Crippen LogP contribution in [-0.2, 0) is 8.98 Å². The smallest absolute Gasteiger partial charge is 0.258 e. The number of halogens is 2. The van der Waals surface area contributed by atoms with Crippen LogP contribution < -0.4 is 15.4 Å². The molecule has 3 saturated carbocycles. The summed E-state index contributed by atoms with van der Waals surface area (Å²) in [6.45, 7) is -0.208. The lowest BCUT2D eigenvalue weighted by atomic mass is 9.60. The highest BCUT2D eigenvalue weighted by atomic mass is 35.5. The molecule has 144 valence electrons. The van der Waals surface area contributed by atoms with Crippen molar-refractivity contribution in [2.24, 2.45) is 0 Å². The topological polar surface area (TPSA) is 79.8 Å². The summed E-state index contributed by atoms with van der Waals surface area (Å²) in [5, 5.41) is 6.40. The van der Waals surface area contributed by atoms with Gasteiger partial charge in [-0.25, -0.2) is 4.39 Å². The number of ether oxygens (including phenoxy) is 1. The molecule has 9 heteroatoms. The van der Waals surface area contributed by atoms with E-state index < -0.39 is 5.82 Å². The summed E-state index contributed by atoms with van der Waals surface area (Å²) in [6, 6.07) is 4.05. The third kappa shape index (κ3) is 3.94. The molecule has 3 fully saturated rings. The maximum atomic E-state index is 13.4. The Morgan fingerprint density at radius 3 is 2.77 bits per heavy atom. The molecule has 4 rings (SSSR count). The quantitative estimate of drug-likeness (QED) is 0.606. The number of hydrogen-bond acceptors (Lipinski definition) is 6. The second-order valence-electron chi connectivity index (χ2n) is 6.96. The summed E-state index contributed by atoms with van der Waals surface area (Å²) in [6.07, 6.45) is 3.76. The number of fused-ring (bicyclic) bond motifs is 3. The molecule has 0 aromatic heterocycles. The van der Waals surface area contributed by atoms with E-state index in [1.165, 1.54) is 12.1 Å². The maximum Gasteiger partial charge on any atom is 0.258 e. The molecule has 1 aromatic carbocycles. The second kappa shape index (κ2) is 7.90. The van der Waals surface area contributed by atoms with Crippen molar-refractivity contribution >= 4 is 29.8 Å². The number of nitrogens with one attached hydrogen (secondary N) is 2. The fraction of sp³-hybridized carbons (Fsp3) is 0.588. The van der Waals surface area contributed by atoms with Crippen LogP contribution in [0.3, 0.4) is 0 Å². The number of amides is 1. The Morgan fingerprint density at radius 2 is 2.15 bits per heavy atom. The third-order valence-corrected chi connectivity index (χ3v) is 6.24. The van der Waals surface area contributed by atoms with Crippen LogP contribution in [0.1, 0.15) is 32.1 Å². The van der Waals surface area contributed by atoms with Gasteiger partial charge in [0.1, 0.15) is 11.6 Å². The van der Waals surface area contributed by atoms with E-state index in [2.05, 4.69) is 10.6 Å². The van der Waals surface area contributed by atoms with E-state index in [1.54, 1.807) is 0 Å². The summed E-state index contributed by atoms with van der Waals surface area (Å²) in [5.74, 6) is -0.610. The molecular weight excluding hydrogens is 383 g/mol. The predicted molar refractivity (Wildman–Crippen MR) is 97.7 cm³/mol. The van der Waals surface area contributed by atoms with Gasteiger partial charge in [0.2, 0.25) is 0 Å². The highest BCUT2D eigenvalue weighted by Gasteiger charge is 2.55. The van der Waals surface area contributed by atoms with Gasteiger partial charge in [0, 0.05) is 17.1 Å². The zero-order valence-corrected chi connectivity index (χ0v) is 16.0. The number of carbonyl (C=O) groups is 1. The lowest BCUT2D eigenvalue weighted by Gasteiger charge is -2.56. The van der Waals surface area contributed by atoms with E-state index in [9.17, 15) is 9.18 Å². The number of hydrogen-bond donors (Lipinski definition) is 3. The molecule has 2 bridgehead atoms. The lowest BCUT2D eigenvalue weighted by Crippen LogP contribution is -2.69. The van der Waals surface area contributed by atoms with Crippen molar-refractivity contribution in [1.29, 1.82) is 0 Å². The molecule has 26 heavy (non-hydrogen) atoms. The molecule has 1 aromatic rings. The van der Waals surface area contributed by atoms with Crippen molar-refractivity contribution in [1.82, 2.24) is 10.6 Å². The van der Waals surface area contributed by atoms with Crippen LogP contribution in [0.2, 0.25) is 5.02 Å². The van der Waals surface area contributed by atoms with Crippen molar-refractivity contribution in [3.05, 3.63) is 29.0 Å². The van der Waals surface area contributed by atoms with Crippen LogP contribution in [0.5, 0.6) is 5.75 Å². The fourth-order valence-electron chi connectivity index (χ4n) is 4.06. The first-order valence-corrected chi connectivity index (χ1v) is 9.54. The van der Waals surface area contributed by atoms with Crippen LogP contribution in [0, 0.1) is 5.82 Å². The Labute approximate surface area is 161 Å². The maximum absolute atomic E-state index is 13.4. The second-order valence-corrected chi connectivity index (χ2v) is 7.71. The molecule has 1 unspecified atom stereocenters. The largest absolute Gasteiger partial charge is 0.484 e. The van der Waals surface area contributed by atoms with E-state index >= 15 is 0 Å². The standard InChI is InChI=1S/C17H22ClFN2O4S/c1-20-17-6-4-16(5-7-17,9-14(17)25-26-23)21-15(22)10-24-11-2-3-12(18)13(19)8-11/h2-3,8,14,20,23H,4-7,9-10H2,1H3,(H,21,22). The molecule has 0 aliphatic heterocycles. The van der Waals surface area contributed by atoms with E-state index in [-0.39, 0.29) is 40.5 Å². The average molecular weight is 405 g/mol. The van der Waals surface area contributed by atoms with Crippen molar-refractivity contribution in [2.75, 3.05) is 13.7 Å². The summed E-state index contributed by atoms with van der Waals surface area (Å²) in [7, 11) is 1.90. The molecule has 1 amide bonds. The normalized spacial score (nSPS) is 30.2. The van der Waals surface area contributed by atoms with Gasteiger partial charge in [0.15, 0.2) is 18.9 Å². The molecule has 6 nitrogen and oxygen atoms in total. The van der Waals surface area contributed by atoms with Gasteiger partial charge >= 0.3 is 0 Å². The van der Waals surface area contributed by atoms with Gasteiger partial charge in [-0.15, -0.1) is 0 Å². The molecule has 3 aliphatic carbocycles. The Hall–Kier alpha value is -1.06. The van der Waals surface area contributed by atoms with Gasteiger partial charge in [-0.2, -0.15) is 0 Å². The lowest BCUT2D eigenvalue weighted by molar-refractivity contribution is -0.128. The first-order chi connectivity index (χ1) is 12.4. The molecule has 0 radical (unpaired) electrons. The van der Waals surface area contributed by atoms with Gasteiger partial charge in [-0.3, -0.25) is 8.98 Å². The minimum atomic E-state index is -0.590. The molecule has 1 atom stereocenters. The predicted octanol–water partition coefficient (Wildman–Crippen LogP) is 3.16. The van der Waals surface area contributed by atoms with Crippen molar-refractivity contribution in [3.63, 3.8) is 0 Å². The van der Waals surface area contributed by atoms with Crippen molar-refractivity contribution in [2.45, 2.75) is 49.3 Å². The van der Waals surface area contributed by atoms with E-state index in [1.807, 2.05) is 7.05 Å². The van der Waals surface area contributed by atoms with Crippen LogP contribution in [0.15, 0.2) is 18.2 Å². The number of rotatable bonds is 7. The van der Waals surface area contributed by atoms with Gasteiger partial charge in [-0.1, -0.05) is 11.6 Å². The average Bonchev–Trinajstić information content (AvgIpc) is 2.64. The van der Waals surface area contributed by atoms with E-state index in [0.717, 1.165) is 31.7 Å². The molecule has 0 heterocycles. The zero-order chi connectivity index (χ0) is 18.8.